The highest BCUT2D eigenvalue weighted by molar-refractivity contribution is 5.22. The smallest absolute Gasteiger partial charge is 0.100 e. The lowest BCUT2D eigenvalue weighted by molar-refractivity contribution is 0.0412. The zero-order valence-corrected chi connectivity index (χ0v) is 10.1. The maximum atomic E-state index is 9.09. The number of hydrogen-bond donors (Lipinski definition) is 1. The molecule has 1 N–H and O–H groups in total. The van der Waals surface area contributed by atoms with Crippen molar-refractivity contribution in [2.45, 2.75) is 32.4 Å². The second-order valence-electron chi connectivity index (χ2n) is 4.92. The molecule has 0 aromatic heterocycles. The number of hydrogen-bond acceptors (Lipinski definition) is 3. The molecule has 2 aliphatic rings. The molecule has 0 radical (unpaired) electrons. The van der Waals surface area contributed by atoms with Crippen LogP contribution in [0.5, 0.6) is 0 Å². The molecule has 3 nitrogen and oxygen atoms in total. The van der Waals surface area contributed by atoms with Gasteiger partial charge in [0.05, 0.1) is 12.7 Å². The molecule has 3 atom stereocenters. The lowest BCUT2D eigenvalue weighted by Crippen LogP contribution is -2.44. The standard InChI is InChI=1S/C13H21NO2/c1-3-13(2)7-5-4-6-12(13)14-8-11(9-15)16-10-14/h4-7,11-12,15H,3,8-10H2,1-2H3. The second kappa shape index (κ2) is 4.70. The van der Waals surface area contributed by atoms with Gasteiger partial charge in [-0.1, -0.05) is 38.2 Å². The molecule has 1 fully saturated rings. The zero-order chi connectivity index (χ0) is 11.6. The van der Waals surface area contributed by atoms with E-state index in [0.29, 0.717) is 12.8 Å². The molecule has 0 aromatic carbocycles. The normalized spacial score (nSPS) is 39.4. The summed E-state index contributed by atoms with van der Waals surface area (Å²) in [5.74, 6) is 0. The summed E-state index contributed by atoms with van der Waals surface area (Å²) >= 11 is 0. The molecule has 1 aliphatic carbocycles. The summed E-state index contributed by atoms with van der Waals surface area (Å²) in [7, 11) is 0. The lowest BCUT2D eigenvalue weighted by Gasteiger charge is -2.39. The van der Waals surface area contributed by atoms with Crippen molar-refractivity contribution in [2.24, 2.45) is 5.41 Å². The van der Waals surface area contributed by atoms with Crippen LogP contribution in [-0.2, 0) is 4.74 Å². The number of nitrogens with zero attached hydrogens (tertiary/aromatic N) is 1. The molecule has 0 aromatic rings. The van der Waals surface area contributed by atoms with E-state index in [1.165, 1.54) is 0 Å². The predicted molar refractivity (Wildman–Crippen MR) is 64.0 cm³/mol. The van der Waals surface area contributed by atoms with Crippen molar-refractivity contribution in [2.75, 3.05) is 19.9 Å². The summed E-state index contributed by atoms with van der Waals surface area (Å²) in [6.45, 7) is 6.07. The Labute approximate surface area is 97.4 Å². The Bertz CT molecular complexity index is 300. The van der Waals surface area contributed by atoms with Gasteiger partial charge in [0.2, 0.25) is 0 Å². The molecule has 1 heterocycles. The number of aliphatic hydroxyl groups excluding tert-OH is 1. The number of allylic oxidation sites excluding steroid dienone is 2. The van der Waals surface area contributed by atoms with Gasteiger partial charge in [-0.3, -0.25) is 4.90 Å². The maximum Gasteiger partial charge on any atom is 0.100 e. The van der Waals surface area contributed by atoms with Gasteiger partial charge < -0.3 is 9.84 Å². The van der Waals surface area contributed by atoms with E-state index in [0.717, 1.165) is 13.0 Å². The first kappa shape index (κ1) is 11.8. The van der Waals surface area contributed by atoms with E-state index in [2.05, 4.69) is 43.1 Å². The van der Waals surface area contributed by atoms with Gasteiger partial charge in [0.25, 0.3) is 0 Å². The van der Waals surface area contributed by atoms with Crippen molar-refractivity contribution in [3.05, 3.63) is 24.3 Å². The Morgan fingerprint density at radius 2 is 2.31 bits per heavy atom. The third kappa shape index (κ3) is 2.08. The molecule has 16 heavy (non-hydrogen) atoms. The van der Waals surface area contributed by atoms with E-state index in [4.69, 9.17) is 9.84 Å². The Morgan fingerprint density at radius 3 is 2.94 bits per heavy atom. The Hall–Kier alpha value is -0.640. The fraction of sp³-hybridized carbons (Fsp3) is 0.692. The molecule has 90 valence electrons. The molecule has 0 bridgehead atoms. The summed E-state index contributed by atoms with van der Waals surface area (Å²) in [5, 5.41) is 9.09. The van der Waals surface area contributed by atoms with Crippen molar-refractivity contribution in [3.63, 3.8) is 0 Å². The molecule has 0 saturated carbocycles. The molecule has 3 unspecified atom stereocenters. The van der Waals surface area contributed by atoms with Crippen LogP contribution in [0.3, 0.4) is 0 Å². The molecule has 1 saturated heterocycles. The summed E-state index contributed by atoms with van der Waals surface area (Å²) in [5.41, 5.74) is 0.183. The minimum Gasteiger partial charge on any atom is -0.394 e. The summed E-state index contributed by atoms with van der Waals surface area (Å²) in [4.78, 5) is 2.31. The molecule has 0 spiro atoms. The van der Waals surface area contributed by atoms with Crippen LogP contribution in [-0.4, -0.2) is 42.0 Å². The van der Waals surface area contributed by atoms with E-state index in [9.17, 15) is 0 Å². The summed E-state index contributed by atoms with van der Waals surface area (Å²) in [6, 6.07) is 0.388. The van der Waals surface area contributed by atoms with E-state index in [-0.39, 0.29) is 18.1 Å². The van der Waals surface area contributed by atoms with Crippen molar-refractivity contribution >= 4 is 0 Å². The van der Waals surface area contributed by atoms with Crippen molar-refractivity contribution < 1.29 is 9.84 Å². The summed E-state index contributed by atoms with van der Waals surface area (Å²) < 4.78 is 5.52. The van der Waals surface area contributed by atoms with Crippen LogP contribution < -0.4 is 0 Å². The van der Waals surface area contributed by atoms with Gasteiger partial charge in [0.1, 0.15) is 6.73 Å². The van der Waals surface area contributed by atoms with Crippen molar-refractivity contribution in [3.8, 4) is 0 Å². The average Bonchev–Trinajstić information content (AvgIpc) is 2.78. The molecular formula is C13H21NO2. The maximum absolute atomic E-state index is 9.09. The quantitative estimate of drug-likeness (QED) is 0.788. The first-order valence-electron chi connectivity index (χ1n) is 6.02. The molecule has 3 heteroatoms. The molecule has 2 rings (SSSR count). The van der Waals surface area contributed by atoms with E-state index in [1.54, 1.807) is 0 Å². The number of aliphatic hydroxyl groups is 1. The number of rotatable bonds is 3. The average molecular weight is 223 g/mol. The van der Waals surface area contributed by atoms with Gasteiger partial charge in [-0.15, -0.1) is 0 Å². The van der Waals surface area contributed by atoms with Crippen LogP contribution in [0, 0.1) is 5.41 Å². The van der Waals surface area contributed by atoms with E-state index in [1.807, 2.05) is 0 Å². The minimum atomic E-state index is -0.0135. The Balaban J connectivity index is 2.08. The van der Waals surface area contributed by atoms with E-state index < -0.39 is 0 Å². The van der Waals surface area contributed by atoms with Crippen LogP contribution >= 0.6 is 0 Å². The second-order valence-corrected chi connectivity index (χ2v) is 4.92. The predicted octanol–water partition coefficient (Wildman–Crippen LogP) is 1.55. The highest BCUT2D eigenvalue weighted by atomic mass is 16.5. The monoisotopic (exact) mass is 223 g/mol. The fourth-order valence-corrected chi connectivity index (χ4v) is 2.50. The molecule has 1 aliphatic heterocycles. The van der Waals surface area contributed by atoms with Crippen LogP contribution in [0.25, 0.3) is 0 Å². The van der Waals surface area contributed by atoms with Gasteiger partial charge in [-0.2, -0.15) is 0 Å². The fourth-order valence-electron chi connectivity index (χ4n) is 2.50. The van der Waals surface area contributed by atoms with E-state index >= 15 is 0 Å². The van der Waals surface area contributed by atoms with Crippen LogP contribution in [0.2, 0.25) is 0 Å². The third-order valence-electron chi connectivity index (χ3n) is 3.83. The van der Waals surface area contributed by atoms with Crippen molar-refractivity contribution in [1.82, 2.24) is 4.90 Å². The van der Waals surface area contributed by atoms with Gasteiger partial charge in [0, 0.05) is 18.0 Å². The first-order chi connectivity index (χ1) is 7.69. The third-order valence-corrected chi connectivity index (χ3v) is 3.83. The van der Waals surface area contributed by atoms with Crippen LogP contribution in [0.4, 0.5) is 0 Å². The number of ether oxygens (including phenoxy) is 1. The highest BCUT2D eigenvalue weighted by Gasteiger charge is 2.37. The minimum absolute atomic E-state index is 0.0135. The van der Waals surface area contributed by atoms with Gasteiger partial charge in [0.15, 0.2) is 0 Å². The van der Waals surface area contributed by atoms with Gasteiger partial charge in [-0.25, -0.2) is 0 Å². The molecule has 0 amide bonds. The lowest BCUT2D eigenvalue weighted by atomic mass is 9.76. The van der Waals surface area contributed by atoms with Gasteiger partial charge >= 0.3 is 0 Å². The highest BCUT2D eigenvalue weighted by Crippen LogP contribution is 2.35. The van der Waals surface area contributed by atoms with Gasteiger partial charge in [-0.05, 0) is 6.42 Å². The van der Waals surface area contributed by atoms with Crippen LogP contribution in [0.1, 0.15) is 20.3 Å². The molecular weight excluding hydrogens is 202 g/mol. The first-order valence-corrected chi connectivity index (χ1v) is 6.02. The van der Waals surface area contributed by atoms with Crippen LogP contribution in [0.15, 0.2) is 24.3 Å². The summed E-state index contributed by atoms with van der Waals surface area (Å²) in [6.07, 6.45) is 9.85. The zero-order valence-electron chi connectivity index (χ0n) is 10.1. The SMILES string of the molecule is CCC1(C)C=CC=CC1N1COC(CO)C1. The van der Waals surface area contributed by atoms with Crippen molar-refractivity contribution in [1.29, 1.82) is 0 Å². The Morgan fingerprint density at radius 1 is 1.50 bits per heavy atom. The Kier molecular flexibility index (Phi) is 3.47. The topological polar surface area (TPSA) is 32.7 Å². The largest absolute Gasteiger partial charge is 0.394 e.